The molecular weight excluding hydrogens is 231 g/mol. The van der Waals surface area contributed by atoms with Crippen molar-refractivity contribution in [1.29, 1.82) is 0 Å². The maximum Gasteiger partial charge on any atom is 0.221 e. The second-order valence-electron chi connectivity index (χ2n) is 4.60. The molecule has 1 atom stereocenters. The van der Waals surface area contributed by atoms with Crippen molar-refractivity contribution in [2.75, 3.05) is 19.6 Å². The van der Waals surface area contributed by atoms with Crippen LogP contribution in [0.15, 0.2) is 30.3 Å². The number of carbonyl (C=O) groups excluding carboxylic acids is 1. The van der Waals surface area contributed by atoms with E-state index in [0.717, 1.165) is 31.6 Å². The Bertz CT molecular complexity index is 442. The summed E-state index contributed by atoms with van der Waals surface area (Å²) in [5, 5.41) is 0. The molecule has 1 aliphatic rings. The Labute approximate surface area is 106 Å². The van der Waals surface area contributed by atoms with Crippen LogP contribution >= 0.6 is 0 Å². The molecule has 2 N–H and O–H groups in total. The summed E-state index contributed by atoms with van der Waals surface area (Å²) in [7, 11) is 0. The molecule has 4 heteroatoms. The monoisotopic (exact) mass is 248 g/mol. The van der Waals surface area contributed by atoms with E-state index in [4.69, 9.17) is 5.73 Å². The molecule has 0 aromatic heterocycles. The number of likely N-dealkylation sites (tertiary alicyclic amines) is 1. The topological polar surface area (TPSA) is 46.3 Å². The Morgan fingerprint density at radius 2 is 2.17 bits per heavy atom. The number of halogens is 1. The number of hydrogen-bond donors (Lipinski definition) is 1. The third-order valence-electron chi connectivity index (χ3n) is 3.22. The van der Waals surface area contributed by atoms with Crippen molar-refractivity contribution in [2.24, 2.45) is 11.7 Å². The van der Waals surface area contributed by atoms with Crippen molar-refractivity contribution >= 4 is 12.0 Å². The summed E-state index contributed by atoms with van der Waals surface area (Å²) in [6.45, 7) is 2.44. The summed E-state index contributed by atoms with van der Waals surface area (Å²) in [5.74, 6) is -0.444. The Balaban J connectivity index is 1.82. The van der Waals surface area contributed by atoms with Gasteiger partial charge in [-0.25, -0.2) is 4.39 Å². The van der Waals surface area contributed by atoms with Crippen molar-refractivity contribution in [2.45, 2.75) is 6.42 Å². The summed E-state index contributed by atoms with van der Waals surface area (Å²) in [6.07, 6.45) is 4.83. The normalized spacial score (nSPS) is 20.6. The third kappa shape index (κ3) is 3.40. The number of benzene rings is 1. The minimum Gasteiger partial charge on any atom is -0.369 e. The van der Waals surface area contributed by atoms with Crippen molar-refractivity contribution in [3.8, 4) is 0 Å². The molecule has 1 aromatic rings. The van der Waals surface area contributed by atoms with E-state index in [1.54, 1.807) is 12.1 Å². The number of rotatable bonds is 4. The van der Waals surface area contributed by atoms with Crippen LogP contribution in [0.2, 0.25) is 0 Å². The molecule has 2 rings (SSSR count). The third-order valence-corrected chi connectivity index (χ3v) is 3.22. The Morgan fingerprint density at radius 3 is 2.78 bits per heavy atom. The molecule has 0 aliphatic carbocycles. The van der Waals surface area contributed by atoms with E-state index < -0.39 is 0 Å². The number of carbonyl (C=O) groups is 1. The highest BCUT2D eigenvalue weighted by Gasteiger charge is 2.25. The zero-order valence-corrected chi connectivity index (χ0v) is 10.2. The summed E-state index contributed by atoms with van der Waals surface area (Å²) in [6, 6.07) is 6.36. The van der Waals surface area contributed by atoms with E-state index in [0.29, 0.717) is 0 Å². The largest absolute Gasteiger partial charge is 0.369 e. The molecule has 0 saturated carbocycles. The second-order valence-corrected chi connectivity index (χ2v) is 4.60. The maximum atomic E-state index is 12.7. The van der Waals surface area contributed by atoms with Gasteiger partial charge in [0.05, 0.1) is 5.92 Å². The van der Waals surface area contributed by atoms with Gasteiger partial charge in [-0.2, -0.15) is 0 Å². The quantitative estimate of drug-likeness (QED) is 0.880. The zero-order chi connectivity index (χ0) is 13.0. The number of nitrogens with zero attached hydrogens (tertiary/aromatic N) is 1. The van der Waals surface area contributed by atoms with Crippen LogP contribution in [-0.2, 0) is 4.79 Å². The maximum absolute atomic E-state index is 12.7. The van der Waals surface area contributed by atoms with Crippen molar-refractivity contribution in [3.05, 3.63) is 41.7 Å². The average Bonchev–Trinajstić information content (AvgIpc) is 2.81. The molecule has 1 unspecified atom stereocenters. The van der Waals surface area contributed by atoms with E-state index >= 15 is 0 Å². The fraction of sp³-hybridized carbons (Fsp3) is 0.357. The zero-order valence-electron chi connectivity index (χ0n) is 10.2. The van der Waals surface area contributed by atoms with E-state index in [9.17, 15) is 9.18 Å². The molecule has 1 fully saturated rings. The molecule has 1 aliphatic heterocycles. The van der Waals surface area contributed by atoms with Crippen LogP contribution < -0.4 is 5.73 Å². The Hall–Kier alpha value is -1.68. The van der Waals surface area contributed by atoms with Gasteiger partial charge in [-0.05, 0) is 30.7 Å². The summed E-state index contributed by atoms with van der Waals surface area (Å²) in [5.41, 5.74) is 6.25. The summed E-state index contributed by atoms with van der Waals surface area (Å²) in [4.78, 5) is 13.2. The molecule has 0 bridgehead atoms. The lowest BCUT2D eigenvalue weighted by atomic mass is 10.1. The van der Waals surface area contributed by atoms with Crippen molar-refractivity contribution in [1.82, 2.24) is 4.90 Å². The van der Waals surface area contributed by atoms with Gasteiger partial charge in [0, 0.05) is 13.1 Å². The lowest BCUT2D eigenvalue weighted by Gasteiger charge is -2.11. The molecule has 96 valence electrons. The highest BCUT2D eigenvalue weighted by atomic mass is 19.1. The first-order chi connectivity index (χ1) is 8.65. The van der Waals surface area contributed by atoms with Gasteiger partial charge in [-0.1, -0.05) is 24.3 Å². The SMILES string of the molecule is NC(=O)C1CCN(C/C=C/c2ccc(F)cc2)C1. The molecule has 1 heterocycles. The molecule has 3 nitrogen and oxygen atoms in total. The number of nitrogens with two attached hydrogens (primary N) is 1. The van der Waals surface area contributed by atoms with Gasteiger partial charge in [-0.3, -0.25) is 9.69 Å². The molecule has 1 aromatic carbocycles. The van der Waals surface area contributed by atoms with Crippen LogP contribution in [-0.4, -0.2) is 30.4 Å². The number of hydrogen-bond acceptors (Lipinski definition) is 2. The Kier molecular flexibility index (Phi) is 4.10. The first-order valence-corrected chi connectivity index (χ1v) is 6.09. The molecule has 1 saturated heterocycles. The van der Waals surface area contributed by atoms with Crippen LogP contribution in [0.25, 0.3) is 6.08 Å². The van der Waals surface area contributed by atoms with Gasteiger partial charge in [0.1, 0.15) is 5.82 Å². The van der Waals surface area contributed by atoms with Crippen LogP contribution in [0.3, 0.4) is 0 Å². The highest BCUT2D eigenvalue weighted by molar-refractivity contribution is 5.77. The summed E-state index contributed by atoms with van der Waals surface area (Å²) < 4.78 is 12.7. The molecule has 0 spiro atoms. The minimum absolute atomic E-state index is 0.00998. The first kappa shape index (κ1) is 12.8. The van der Waals surface area contributed by atoms with Gasteiger partial charge >= 0.3 is 0 Å². The van der Waals surface area contributed by atoms with E-state index in [1.807, 2.05) is 12.2 Å². The van der Waals surface area contributed by atoms with Crippen LogP contribution in [0.1, 0.15) is 12.0 Å². The molecule has 18 heavy (non-hydrogen) atoms. The van der Waals surface area contributed by atoms with Crippen molar-refractivity contribution in [3.63, 3.8) is 0 Å². The molecule has 0 radical (unpaired) electrons. The van der Waals surface area contributed by atoms with Gasteiger partial charge in [0.25, 0.3) is 0 Å². The van der Waals surface area contributed by atoms with E-state index in [2.05, 4.69) is 4.90 Å². The molecule has 1 amide bonds. The smallest absolute Gasteiger partial charge is 0.221 e. The lowest BCUT2D eigenvalue weighted by molar-refractivity contribution is -0.121. The second kappa shape index (κ2) is 5.78. The highest BCUT2D eigenvalue weighted by Crippen LogP contribution is 2.15. The minimum atomic E-state index is -0.226. The van der Waals surface area contributed by atoms with E-state index in [1.165, 1.54) is 12.1 Å². The standard InChI is InChI=1S/C14H17FN2O/c15-13-5-3-11(4-6-13)2-1-8-17-9-7-12(10-17)14(16)18/h1-6,12H,7-10H2,(H2,16,18)/b2-1+. The number of primary amides is 1. The fourth-order valence-electron chi connectivity index (χ4n) is 2.14. The first-order valence-electron chi connectivity index (χ1n) is 6.09. The van der Waals surface area contributed by atoms with Gasteiger partial charge < -0.3 is 5.73 Å². The number of amides is 1. The Morgan fingerprint density at radius 1 is 1.44 bits per heavy atom. The lowest BCUT2D eigenvalue weighted by Crippen LogP contribution is -2.27. The summed E-state index contributed by atoms with van der Waals surface area (Å²) >= 11 is 0. The van der Waals surface area contributed by atoms with Crippen LogP contribution in [0.5, 0.6) is 0 Å². The molecular formula is C14H17FN2O. The average molecular weight is 248 g/mol. The van der Waals surface area contributed by atoms with E-state index in [-0.39, 0.29) is 17.6 Å². The van der Waals surface area contributed by atoms with Gasteiger partial charge in [0.2, 0.25) is 5.91 Å². The fourth-order valence-corrected chi connectivity index (χ4v) is 2.14. The predicted molar refractivity (Wildman–Crippen MR) is 69.2 cm³/mol. The van der Waals surface area contributed by atoms with Crippen molar-refractivity contribution < 1.29 is 9.18 Å². The predicted octanol–water partition coefficient (Wildman–Crippen LogP) is 1.65. The van der Waals surface area contributed by atoms with Crippen LogP contribution in [0.4, 0.5) is 4.39 Å². The van der Waals surface area contributed by atoms with Gasteiger partial charge in [-0.15, -0.1) is 0 Å². The van der Waals surface area contributed by atoms with Gasteiger partial charge in [0.15, 0.2) is 0 Å². The van der Waals surface area contributed by atoms with Crippen LogP contribution in [0, 0.1) is 11.7 Å².